The monoisotopic (exact) mass is 256 g/mol. The van der Waals surface area contributed by atoms with Crippen LogP contribution < -0.4 is 10.0 Å². The molecule has 2 N–H and O–H groups in total. The van der Waals surface area contributed by atoms with E-state index in [1.54, 1.807) is 6.07 Å². The van der Waals surface area contributed by atoms with E-state index in [0.717, 1.165) is 18.5 Å². The molecule has 1 aromatic carbocycles. The van der Waals surface area contributed by atoms with E-state index < -0.39 is 10.0 Å². The molecule has 0 unspecified atom stereocenters. The van der Waals surface area contributed by atoms with E-state index in [9.17, 15) is 8.42 Å². The number of hydrogen-bond acceptors (Lipinski definition) is 3. The first kappa shape index (κ1) is 14.0. The van der Waals surface area contributed by atoms with E-state index in [1.807, 2.05) is 32.0 Å². The lowest BCUT2D eigenvalue weighted by Crippen LogP contribution is -2.27. The molecule has 0 spiro atoms. The number of rotatable bonds is 7. The average molecular weight is 256 g/mol. The highest BCUT2D eigenvalue weighted by Gasteiger charge is 2.10. The number of anilines is 1. The van der Waals surface area contributed by atoms with Crippen molar-refractivity contribution in [2.75, 3.05) is 23.6 Å². The molecule has 0 radical (unpaired) electrons. The van der Waals surface area contributed by atoms with Crippen LogP contribution in [0.2, 0.25) is 0 Å². The van der Waals surface area contributed by atoms with Crippen LogP contribution in [0.15, 0.2) is 24.3 Å². The van der Waals surface area contributed by atoms with Gasteiger partial charge in [0, 0.05) is 6.54 Å². The number of nitrogens with one attached hydrogen (secondary N) is 2. The Hall–Kier alpha value is -1.07. The molecule has 4 nitrogen and oxygen atoms in total. The van der Waals surface area contributed by atoms with Crippen molar-refractivity contribution in [3.8, 4) is 0 Å². The van der Waals surface area contributed by atoms with Gasteiger partial charge in [-0.2, -0.15) is 0 Å². The molecule has 0 atom stereocenters. The van der Waals surface area contributed by atoms with Crippen molar-refractivity contribution < 1.29 is 8.42 Å². The summed E-state index contributed by atoms with van der Waals surface area (Å²) in [6.45, 7) is 5.26. The van der Waals surface area contributed by atoms with Gasteiger partial charge in [0.1, 0.15) is 0 Å². The summed E-state index contributed by atoms with van der Waals surface area (Å²) < 4.78 is 26.1. The Morgan fingerprint density at radius 2 is 1.88 bits per heavy atom. The molecular formula is C12H20N2O2S. The molecule has 0 aromatic heterocycles. The first-order chi connectivity index (χ1) is 8.05. The summed E-state index contributed by atoms with van der Waals surface area (Å²) >= 11 is 0. The maximum absolute atomic E-state index is 11.8. The van der Waals surface area contributed by atoms with E-state index >= 15 is 0 Å². The minimum atomic E-state index is -3.25. The molecule has 1 aromatic rings. The summed E-state index contributed by atoms with van der Waals surface area (Å²) in [5, 5.41) is 3.07. The normalized spacial score (nSPS) is 11.4. The fourth-order valence-corrected chi connectivity index (χ4v) is 2.49. The molecule has 96 valence electrons. The van der Waals surface area contributed by atoms with Gasteiger partial charge in [0.2, 0.25) is 10.0 Å². The smallest absolute Gasteiger partial charge is 0.233 e. The summed E-state index contributed by atoms with van der Waals surface area (Å²) in [6, 6.07) is 7.36. The number of aryl methyl sites for hydroxylation is 1. The number of para-hydroxylation sites is 1. The minimum absolute atomic E-state index is 0.0985. The Labute approximate surface area is 103 Å². The highest BCUT2D eigenvalue weighted by Crippen LogP contribution is 2.14. The van der Waals surface area contributed by atoms with Crippen molar-refractivity contribution in [3.05, 3.63) is 29.8 Å². The minimum Gasteiger partial charge on any atom is -0.316 e. The Balaban J connectivity index is 2.52. The lowest BCUT2D eigenvalue weighted by Gasteiger charge is -2.10. The van der Waals surface area contributed by atoms with Crippen molar-refractivity contribution in [3.63, 3.8) is 0 Å². The molecule has 1 rings (SSSR count). The quantitative estimate of drug-likeness (QED) is 0.731. The van der Waals surface area contributed by atoms with Crippen LogP contribution in [0.5, 0.6) is 0 Å². The van der Waals surface area contributed by atoms with E-state index in [2.05, 4.69) is 10.0 Å². The third-order valence-corrected chi connectivity index (χ3v) is 3.66. The van der Waals surface area contributed by atoms with E-state index in [-0.39, 0.29) is 5.75 Å². The van der Waals surface area contributed by atoms with E-state index in [0.29, 0.717) is 12.2 Å². The van der Waals surface area contributed by atoms with Crippen LogP contribution in [0.1, 0.15) is 18.9 Å². The van der Waals surface area contributed by atoms with Crippen LogP contribution in [0.4, 0.5) is 5.69 Å². The van der Waals surface area contributed by atoms with Gasteiger partial charge in [0.15, 0.2) is 0 Å². The van der Waals surface area contributed by atoms with Crippen molar-refractivity contribution in [1.29, 1.82) is 0 Å². The van der Waals surface area contributed by atoms with Gasteiger partial charge in [-0.1, -0.05) is 25.1 Å². The standard InChI is InChI=1S/C12H20N2O2S/c1-3-8-13-9-10-17(15,16)14-12-7-5-4-6-11(12)2/h4-7,13-14H,3,8-10H2,1-2H3. The van der Waals surface area contributed by atoms with Gasteiger partial charge < -0.3 is 5.32 Å². The predicted molar refractivity (Wildman–Crippen MR) is 71.7 cm³/mol. The van der Waals surface area contributed by atoms with Crippen molar-refractivity contribution in [2.24, 2.45) is 0 Å². The van der Waals surface area contributed by atoms with Crippen molar-refractivity contribution in [2.45, 2.75) is 20.3 Å². The molecule has 0 fully saturated rings. The zero-order chi connectivity index (χ0) is 12.7. The largest absolute Gasteiger partial charge is 0.316 e. The zero-order valence-electron chi connectivity index (χ0n) is 10.4. The van der Waals surface area contributed by atoms with Crippen LogP contribution >= 0.6 is 0 Å². The van der Waals surface area contributed by atoms with Crippen LogP contribution in [0, 0.1) is 6.92 Å². The summed E-state index contributed by atoms with van der Waals surface area (Å²) in [5.41, 5.74) is 1.58. The van der Waals surface area contributed by atoms with Crippen molar-refractivity contribution in [1.82, 2.24) is 5.32 Å². The van der Waals surface area contributed by atoms with Gasteiger partial charge in [0.05, 0.1) is 11.4 Å². The van der Waals surface area contributed by atoms with Gasteiger partial charge in [-0.25, -0.2) is 8.42 Å². The highest BCUT2D eigenvalue weighted by molar-refractivity contribution is 7.92. The third kappa shape index (κ3) is 5.19. The zero-order valence-corrected chi connectivity index (χ0v) is 11.2. The molecular weight excluding hydrogens is 236 g/mol. The van der Waals surface area contributed by atoms with Gasteiger partial charge in [-0.3, -0.25) is 4.72 Å². The maximum Gasteiger partial charge on any atom is 0.233 e. The Kier molecular flexibility index (Phi) is 5.44. The number of benzene rings is 1. The second-order valence-corrected chi connectivity index (χ2v) is 5.83. The van der Waals surface area contributed by atoms with Crippen LogP contribution in [-0.4, -0.2) is 27.3 Å². The highest BCUT2D eigenvalue weighted by atomic mass is 32.2. The number of sulfonamides is 1. The molecule has 0 saturated heterocycles. The van der Waals surface area contributed by atoms with Crippen molar-refractivity contribution >= 4 is 15.7 Å². The van der Waals surface area contributed by atoms with E-state index in [1.165, 1.54) is 0 Å². The van der Waals surface area contributed by atoms with E-state index in [4.69, 9.17) is 0 Å². The summed E-state index contributed by atoms with van der Waals surface area (Å²) in [5.74, 6) is 0.0985. The molecule has 0 aliphatic rings. The fourth-order valence-electron chi connectivity index (χ4n) is 1.41. The van der Waals surface area contributed by atoms with Gasteiger partial charge in [0.25, 0.3) is 0 Å². The Morgan fingerprint density at radius 1 is 1.18 bits per heavy atom. The van der Waals surface area contributed by atoms with Crippen LogP contribution in [-0.2, 0) is 10.0 Å². The molecule has 5 heteroatoms. The summed E-state index contributed by atoms with van der Waals surface area (Å²) in [4.78, 5) is 0. The molecule has 17 heavy (non-hydrogen) atoms. The summed E-state index contributed by atoms with van der Waals surface area (Å²) in [7, 11) is -3.25. The molecule has 0 aliphatic carbocycles. The lowest BCUT2D eigenvalue weighted by atomic mass is 10.2. The maximum atomic E-state index is 11.8. The first-order valence-electron chi connectivity index (χ1n) is 5.82. The Morgan fingerprint density at radius 3 is 2.53 bits per heavy atom. The predicted octanol–water partition coefficient (Wildman–Crippen LogP) is 1.74. The molecule has 0 aliphatic heterocycles. The summed E-state index contributed by atoms with van der Waals surface area (Å²) in [6.07, 6.45) is 1.01. The topological polar surface area (TPSA) is 58.2 Å². The molecule has 0 heterocycles. The molecule has 0 bridgehead atoms. The molecule has 0 amide bonds. The fraction of sp³-hybridized carbons (Fsp3) is 0.500. The second-order valence-electron chi connectivity index (χ2n) is 3.99. The second kappa shape index (κ2) is 6.61. The van der Waals surface area contributed by atoms with Gasteiger partial charge in [-0.05, 0) is 31.5 Å². The van der Waals surface area contributed by atoms with Crippen LogP contribution in [0.3, 0.4) is 0 Å². The Bertz CT molecular complexity index is 444. The number of hydrogen-bond donors (Lipinski definition) is 2. The van der Waals surface area contributed by atoms with Crippen LogP contribution in [0.25, 0.3) is 0 Å². The SMILES string of the molecule is CCCNCCS(=O)(=O)Nc1ccccc1C. The van der Waals surface area contributed by atoms with Gasteiger partial charge in [-0.15, -0.1) is 0 Å². The molecule has 0 saturated carbocycles. The lowest BCUT2D eigenvalue weighted by molar-refractivity contribution is 0.595. The van der Waals surface area contributed by atoms with Gasteiger partial charge >= 0.3 is 0 Å². The third-order valence-electron chi connectivity index (χ3n) is 2.38. The first-order valence-corrected chi connectivity index (χ1v) is 7.47. The average Bonchev–Trinajstić information content (AvgIpc) is 2.28.